The largest absolute Gasteiger partial charge is 0.410 e. The summed E-state index contributed by atoms with van der Waals surface area (Å²) < 4.78 is 13.9. The van der Waals surface area contributed by atoms with Gasteiger partial charge < -0.3 is 8.85 Å². The van der Waals surface area contributed by atoms with Crippen molar-refractivity contribution in [3.05, 3.63) is 0 Å². The fraction of sp³-hybridized carbons (Fsp3) is 1.00. The van der Waals surface area contributed by atoms with Gasteiger partial charge in [0.1, 0.15) is 0 Å². The number of hydrogen-bond acceptors (Lipinski definition) is 3. The van der Waals surface area contributed by atoms with E-state index < -0.39 is 16.6 Å². The molecule has 0 unspecified atom stereocenters. The van der Waals surface area contributed by atoms with Crippen LogP contribution in [0.15, 0.2) is 0 Å². The molecule has 0 amide bonds. The third-order valence-electron chi connectivity index (χ3n) is 7.31. The molecule has 0 bridgehead atoms. The summed E-state index contributed by atoms with van der Waals surface area (Å²) in [7, 11) is -3.59. The van der Waals surface area contributed by atoms with Gasteiger partial charge in [-0.05, 0) is 55.7 Å². The first-order chi connectivity index (χ1) is 11.2. The number of hydrogen-bond donors (Lipinski definition) is 0. The minimum absolute atomic E-state index is 0.247. The third-order valence-corrected chi connectivity index (χ3v) is 16.3. The lowest BCUT2D eigenvalue weighted by Gasteiger charge is -2.44. The van der Waals surface area contributed by atoms with E-state index in [-0.39, 0.29) is 22.3 Å². The quantitative estimate of drug-likeness (QED) is 0.585. The van der Waals surface area contributed by atoms with Gasteiger partial charge in [-0.1, -0.05) is 48.0 Å². The first-order valence-electron chi connectivity index (χ1n) is 10.3. The molecule has 148 valence electrons. The van der Waals surface area contributed by atoms with Crippen LogP contribution in [0.2, 0.25) is 36.3 Å². The smallest absolute Gasteiger partial charge is 0.192 e. The van der Waals surface area contributed by atoms with Crippen LogP contribution in [0.4, 0.5) is 0 Å². The summed E-state index contributed by atoms with van der Waals surface area (Å²) in [5.41, 5.74) is 0. The number of fused-ring (bicyclic) bond motifs is 1. The molecule has 0 aromatic carbocycles. The van der Waals surface area contributed by atoms with Gasteiger partial charge in [-0.25, -0.2) is 0 Å². The first kappa shape index (κ1) is 21.6. The monoisotopic (exact) mass is 385 g/mol. The van der Waals surface area contributed by atoms with E-state index in [1.807, 2.05) is 0 Å². The summed E-state index contributed by atoms with van der Waals surface area (Å²) in [6, 6.07) is 0.567. The average molecular weight is 386 g/mol. The van der Waals surface area contributed by atoms with Crippen LogP contribution in [0.5, 0.6) is 0 Å². The summed E-state index contributed by atoms with van der Waals surface area (Å²) in [6.07, 6.45) is 4.45. The zero-order valence-corrected chi connectivity index (χ0v) is 20.5. The Labute approximate surface area is 159 Å². The maximum atomic E-state index is 7.00. The van der Waals surface area contributed by atoms with Gasteiger partial charge in [0.2, 0.25) is 0 Å². The molecule has 2 fully saturated rings. The molecule has 3 atom stereocenters. The predicted molar refractivity (Wildman–Crippen MR) is 113 cm³/mol. The van der Waals surface area contributed by atoms with Gasteiger partial charge in [0.25, 0.3) is 0 Å². The van der Waals surface area contributed by atoms with Gasteiger partial charge in [-0.15, -0.1) is 0 Å². The van der Waals surface area contributed by atoms with Crippen LogP contribution in [0.3, 0.4) is 0 Å². The Bertz CT molecular complexity index is 465. The fourth-order valence-electron chi connectivity index (χ4n) is 3.53. The second-order valence-electron chi connectivity index (χ2n) is 11.3. The normalized spacial score (nSPS) is 29.8. The fourth-order valence-corrected chi connectivity index (χ4v) is 6.19. The molecule has 0 aromatic rings. The van der Waals surface area contributed by atoms with E-state index in [1.165, 1.54) is 25.8 Å². The van der Waals surface area contributed by atoms with Crippen molar-refractivity contribution in [2.45, 2.75) is 115 Å². The SMILES string of the molecule is CC(C)(C)[Si](C)(C)O[C@@H]1[C@H]2CCCCN2C[C@H]1O[Si](C)(C)C(C)(C)C. The molecule has 5 heteroatoms. The van der Waals surface area contributed by atoms with Gasteiger partial charge in [-0.3, -0.25) is 4.90 Å². The van der Waals surface area contributed by atoms with Gasteiger partial charge in [-0.2, -0.15) is 0 Å². The number of piperidine rings is 1. The Hall–Kier alpha value is 0.314. The number of rotatable bonds is 4. The Morgan fingerprint density at radius 3 is 1.84 bits per heavy atom. The summed E-state index contributed by atoms with van der Waals surface area (Å²) in [6.45, 7) is 25.9. The van der Waals surface area contributed by atoms with Gasteiger partial charge >= 0.3 is 0 Å². The second kappa shape index (κ2) is 7.04. The van der Waals surface area contributed by atoms with E-state index in [1.54, 1.807) is 0 Å². The molecule has 0 radical (unpaired) electrons. The van der Waals surface area contributed by atoms with Crippen LogP contribution in [0.25, 0.3) is 0 Å². The van der Waals surface area contributed by atoms with E-state index in [0.717, 1.165) is 6.54 Å². The molecule has 0 aromatic heterocycles. The molecular weight excluding hydrogens is 342 g/mol. The Morgan fingerprint density at radius 2 is 1.32 bits per heavy atom. The summed E-state index contributed by atoms with van der Waals surface area (Å²) in [4.78, 5) is 2.67. The molecule has 25 heavy (non-hydrogen) atoms. The van der Waals surface area contributed by atoms with Crippen LogP contribution in [0, 0.1) is 0 Å². The maximum Gasteiger partial charge on any atom is 0.192 e. The molecule has 0 spiro atoms. The summed E-state index contributed by atoms with van der Waals surface area (Å²) in [5, 5.41) is 0.494. The molecule has 3 nitrogen and oxygen atoms in total. The van der Waals surface area contributed by atoms with Crippen molar-refractivity contribution < 1.29 is 8.85 Å². The van der Waals surface area contributed by atoms with Crippen LogP contribution in [-0.2, 0) is 8.85 Å². The van der Waals surface area contributed by atoms with Gasteiger partial charge in [0, 0.05) is 12.6 Å². The lowest BCUT2D eigenvalue weighted by atomic mass is 10.0. The van der Waals surface area contributed by atoms with Crippen molar-refractivity contribution in [3.63, 3.8) is 0 Å². The van der Waals surface area contributed by atoms with Crippen LogP contribution >= 0.6 is 0 Å². The molecule has 2 aliphatic heterocycles. The van der Waals surface area contributed by atoms with Crippen molar-refractivity contribution >= 4 is 16.6 Å². The van der Waals surface area contributed by atoms with Crippen LogP contribution in [-0.4, -0.2) is 52.9 Å². The van der Waals surface area contributed by atoms with Crippen molar-refractivity contribution in [2.75, 3.05) is 13.1 Å². The minimum atomic E-state index is -1.80. The molecule has 2 rings (SSSR count). The highest BCUT2D eigenvalue weighted by molar-refractivity contribution is 6.74. The molecule has 2 saturated heterocycles. The molecule has 2 aliphatic rings. The van der Waals surface area contributed by atoms with E-state index in [2.05, 4.69) is 72.6 Å². The lowest BCUT2D eigenvalue weighted by Crippen LogP contribution is -2.53. The van der Waals surface area contributed by atoms with E-state index in [0.29, 0.717) is 6.04 Å². The van der Waals surface area contributed by atoms with Crippen molar-refractivity contribution in [1.82, 2.24) is 4.90 Å². The molecular formula is C20H43NO2Si2. The Kier molecular flexibility index (Phi) is 6.09. The Morgan fingerprint density at radius 1 is 0.800 bits per heavy atom. The van der Waals surface area contributed by atoms with Crippen molar-refractivity contribution in [3.8, 4) is 0 Å². The lowest BCUT2D eigenvalue weighted by molar-refractivity contribution is 0.0454. The molecule has 0 aliphatic carbocycles. The van der Waals surface area contributed by atoms with Crippen LogP contribution in [0.1, 0.15) is 60.8 Å². The molecule has 2 heterocycles. The molecule has 0 N–H and O–H groups in total. The third kappa shape index (κ3) is 4.60. The van der Waals surface area contributed by atoms with Gasteiger partial charge in [0.05, 0.1) is 12.2 Å². The highest BCUT2D eigenvalue weighted by atomic mass is 28.4. The average Bonchev–Trinajstić information content (AvgIpc) is 2.73. The zero-order chi connectivity index (χ0) is 19.3. The molecule has 0 saturated carbocycles. The van der Waals surface area contributed by atoms with Crippen molar-refractivity contribution in [2.24, 2.45) is 0 Å². The first-order valence-corrected chi connectivity index (χ1v) is 16.1. The van der Waals surface area contributed by atoms with Gasteiger partial charge in [0.15, 0.2) is 16.6 Å². The topological polar surface area (TPSA) is 21.7 Å². The number of nitrogens with zero attached hydrogens (tertiary/aromatic N) is 1. The van der Waals surface area contributed by atoms with E-state index in [9.17, 15) is 0 Å². The van der Waals surface area contributed by atoms with E-state index in [4.69, 9.17) is 8.85 Å². The van der Waals surface area contributed by atoms with E-state index >= 15 is 0 Å². The highest BCUT2D eigenvalue weighted by Crippen LogP contribution is 2.43. The maximum absolute atomic E-state index is 7.00. The zero-order valence-electron chi connectivity index (χ0n) is 18.5. The highest BCUT2D eigenvalue weighted by Gasteiger charge is 2.51. The van der Waals surface area contributed by atoms with Crippen molar-refractivity contribution in [1.29, 1.82) is 0 Å². The minimum Gasteiger partial charge on any atom is -0.410 e. The second-order valence-corrected chi connectivity index (χ2v) is 20.8. The standard InChI is InChI=1S/C20H43NO2Si2/c1-19(2,3)24(7,8)22-17-15-21-14-12-11-13-16(21)18(17)23-25(9,10)20(4,5)6/h16-18H,11-15H2,1-10H3/t16-,17-,18-/m1/s1. The predicted octanol–water partition coefficient (Wildman–Crippen LogP) is 5.64. The summed E-state index contributed by atoms with van der Waals surface area (Å²) >= 11 is 0. The summed E-state index contributed by atoms with van der Waals surface area (Å²) in [5.74, 6) is 0. The van der Waals surface area contributed by atoms with Crippen LogP contribution < -0.4 is 0 Å². The Balaban J connectivity index is 2.24.